The van der Waals surface area contributed by atoms with Crippen LogP contribution in [0.1, 0.15) is 105 Å². The molecule has 5 saturated carbocycles. The van der Waals surface area contributed by atoms with Crippen molar-refractivity contribution in [2.45, 2.75) is 105 Å². The molecule has 39 heavy (non-hydrogen) atoms. The maximum Gasteiger partial charge on any atom is 0.309 e. The van der Waals surface area contributed by atoms with Crippen LogP contribution < -0.4 is 0 Å². The van der Waals surface area contributed by atoms with Crippen LogP contribution in [0.3, 0.4) is 0 Å². The molecule has 5 aliphatic rings. The average molecular weight is 548 g/mol. The van der Waals surface area contributed by atoms with Crippen molar-refractivity contribution >= 4 is 17.7 Å². The summed E-state index contributed by atoms with van der Waals surface area (Å²) in [4.78, 5) is 22.0. The Kier molecular flexibility index (Phi) is 9.67. The fourth-order valence-corrected chi connectivity index (χ4v) is 10.5. The number of aliphatic hydroxyl groups is 1. The lowest BCUT2D eigenvalue weighted by Crippen LogP contribution is -2.65. The molecule has 5 rings (SSSR count). The van der Waals surface area contributed by atoms with Gasteiger partial charge in [0, 0.05) is 12.8 Å². The van der Waals surface area contributed by atoms with E-state index in [1.54, 1.807) is 0 Å². The van der Waals surface area contributed by atoms with Crippen LogP contribution >= 0.6 is 0 Å². The van der Waals surface area contributed by atoms with Gasteiger partial charge in [0.25, 0.3) is 0 Å². The van der Waals surface area contributed by atoms with Crippen LogP contribution in [0.5, 0.6) is 0 Å². The van der Waals surface area contributed by atoms with Crippen molar-refractivity contribution in [3.8, 4) is 0 Å². The summed E-state index contributed by atoms with van der Waals surface area (Å²) >= 11 is 0. The molecule has 0 spiro atoms. The molecule has 0 radical (unpaired) electrons. The number of hydrogen-bond donors (Lipinski definition) is 3. The third-order valence-electron chi connectivity index (χ3n) is 12.7. The number of rotatable bonds is 2. The lowest BCUT2D eigenvalue weighted by molar-refractivity contribution is -0.223. The van der Waals surface area contributed by atoms with Gasteiger partial charge in [0.1, 0.15) is 0 Å². The highest BCUT2D eigenvalue weighted by Gasteiger charge is 2.69. The van der Waals surface area contributed by atoms with Gasteiger partial charge in [-0.3, -0.25) is 9.59 Å². The number of carbonyl (C=O) groups is 2. The molecule has 5 aliphatic carbocycles. The quantitative estimate of drug-likeness (QED) is 0.153. The highest BCUT2D eigenvalue weighted by atomic mass is 16.5. The first-order valence-electron chi connectivity index (χ1n) is 15.0. The predicted octanol–water partition coefficient (Wildman–Crippen LogP) is 6.71. The van der Waals surface area contributed by atoms with Gasteiger partial charge >= 0.3 is 11.9 Å². The maximum absolute atomic E-state index is 12.4. The standard InChI is InChI=1S/C26H41NO3.C3H6O2.C3H6O/c1-16-17-9-13-25(4)21(23(17,2)12-10-20(16)27-30)8-7-18-19-6-5-11-26(19,22(28)29)15-14-24(18,25)3;1-3(4)5-2;1-2-3-4/h16-19,21,30H,5-15H2,1-4H3,(H,28,29);1-2H3;2,4H,1,3H2/b27-20+;;/t16?,17?,18?,19?,21?,23?,24-,25?,26+;;/m1../s1. The van der Waals surface area contributed by atoms with Gasteiger partial charge in [0.15, 0.2) is 0 Å². The molecule has 0 heterocycles. The van der Waals surface area contributed by atoms with E-state index in [1.165, 1.54) is 45.8 Å². The molecule has 0 aromatic heterocycles. The number of esters is 1. The molecular weight excluding hydrogens is 494 g/mol. The van der Waals surface area contributed by atoms with Gasteiger partial charge in [-0.1, -0.05) is 45.3 Å². The zero-order chi connectivity index (χ0) is 29.2. The topological polar surface area (TPSA) is 116 Å². The van der Waals surface area contributed by atoms with Gasteiger partial charge in [-0.25, -0.2) is 0 Å². The van der Waals surface area contributed by atoms with Gasteiger partial charge < -0.3 is 20.2 Å². The number of aliphatic carboxylic acids is 1. The molecule has 0 aromatic carbocycles. The zero-order valence-corrected chi connectivity index (χ0v) is 25.2. The second-order valence-electron chi connectivity index (χ2n) is 13.7. The Morgan fingerprint density at radius 2 is 1.64 bits per heavy atom. The van der Waals surface area contributed by atoms with Crippen molar-refractivity contribution in [3.63, 3.8) is 0 Å². The predicted molar refractivity (Wildman–Crippen MR) is 152 cm³/mol. The Labute approximate surface area is 235 Å². The molecule has 7 heteroatoms. The monoisotopic (exact) mass is 547 g/mol. The van der Waals surface area contributed by atoms with Gasteiger partial charge in [0.05, 0.1) is 24.8 Å². The summed E-state index contributed by atoms with van der Waals surface area (Å²) in [7, 11) is 1.35. The molecule has 7 unspecified atom stereocenters. The number of ether oxygens (including phenoxy) is 1. The lowest BCUT2D eigenvalue weighted by Gasteiger charge is -2.71. The molecule has 222 valence electrons. The van der Waals surface area contributed by atoms with Crippen LogP contribution in [0.25, 0.3) is 0 Å². The summed E-state index contributed by atoms with van der Waals surface area (Å²) in [5.41, 5.74) is 1.44. The maximum atomic E-state index is 12.4. The SMILES string of the molecule is C=CCO.CC1/C(=N/O)CCC2(C)C1CCC1(C)C2CCC2C3CCC[C@]3(C(=O)O)CC[C@]21C.COC(C)=O. The fraction of sp³-hybridized carbons (Fsp3) is 0.844. The molecule has 0 saturated heterocycles. The minimum absolute atomic E-state index is 0.0833. The van der Waals surface area contributed by atoms with E-state index in [0.29, 0.717) is 40.4 Å². The molecule has 5 fully saturated rings. The van der Waals surface area contributed by atoms with Crippen molar-refractivity contribution < 1.29 is 29.7 Å². The van der Waals surface area contributed by atoms with Crippen LogP contribution in [0.15, 0.2) is 17.8 Å². The van der Waals surface area contributed by atoms with Crippen LogP contribution in [-0.4, -0.2) is 46.8 Å². The van der Waals surface area contributed by atoms with Crippen LogP contribution in [0.4, 0.5) is 0 Å². The van der Waals surface area contributed by atoms with E-state index >= 15 is 0 Å². The normalized spacial score (nSPS) is 45.0. The molecule has 0 amide bonds. The van der Waals surface area contributed by atoms with E-state index < -0.39 is 11.4 Å². The summed E-state index contributed by atoms with van der Waals surface area (Å²) in [5, 5.41) is 31.2. The van der Waals surface area contributed by atoms with E-state index in [2.05, 4.69) is 44.2 Å². The van der Waals surface area contributed by atoms with E-state index in [4.69, 9.17) is 5.11 Å². The summed E-state index contributed by atoms with van der Waals surface area (Å²) in [5.74, 6) is 1.90. The zero-order valence-electron chi connectivity index (χ0n) is 25.2. The van der Waals surface area contributed by atoms with E-state index in [9.17, 15) is 19.9 Å². The van der Waals surface area contributed by atoms with Gasteiger partial charge in [-0.15, -0.1) is 6.58 Å². The number of methoxy groups -OCH3 is 1. The highest BCUT2D eigenvalue weighted by molar-refractivity contribution is 5.87. The summed E-state index contributed by atoms with van der Waals surface area (Å²) in [6.45, 7) is 14.7. The molecule has 0 aliphatic heterocycles. The fourth-order valence-electron chi connectivity index (χ4n) is 10.5. The largest absolute Gasteiger partial charge is 0.481 e. The first kappa shape index (κ1) is 31.6. The third kappa shape index (κ3) is 5.06. The second-order valence-corrected chi connectivity index (χ2v) is 13.7. The van der Waals surface area contributed by atoms with Gasteiger partial charge in [-0.05, 0) is 104 Å². The lowest BCUT2D eigenvalue weighted by atomic mass is 9.33. The Bertz CT molecular complexity index is 949. The van der Waals surface area contributed by atoms with Crippen LogP contribution in [0, 0.1) is 51.2 Å². The number of fused-ring (bicyclic) bond motifs is 7. The minimum Gasteiger partial charge on any atom is -0.481 e. The van der Waals surface area contributed by atoms with E-state index in [-0.39, 0.29) is 18.0 Å². The first-order valence-corrected chi connectivity index (χ1v) is 15.0. The van der Waals surface area contributed by atoms with Crippen molar-refractivity contribution in [2.75, 3.05) is 13.7 Å². The summed E-state index contributed by atoms with van der Waals surface area (Å²) in [6, 6.07) is 0. The van der Waals surface area contributed by atoms with Crippen molar-refractivity contribution in [1.82, 2.24) is 0 Å². The molecule has 0 aromatic rings. The Hall–Kier alpha value is -1.89. The molecule has 3 N–H and O–H groups in total. The number of oxime groups is 1. The molecular formula is C32H53NO6. The molecule has 7 nitrogen and oxygen atoms in total. The highest BCUT2D eigenvalue weighted by Crippen LogP contribution is 2.75. The van der Waals surface area contributed by atoms with Crippen molar-refractivity contribution in [2.24, 2.45) is 56.4 Å². The van der Waals surface area contributed by atoms with Gasteiger partial charge in [0.2, 0.25) is 0 Å². The van der Waals surface area contributed by atoms with Crippen molar-refractivity contribution in [3.05, 3.63) is 12.7 Å². The Morgan fingerprint density at radius 3 is 2.18 bits per heavy atom. The number of carboxylic acids is 1. The minimum atomic E-state index is -0.507. The molecule has 9 atom stereocenters. The smallest absolute Gasteiger partial charge is 0.309 e. The summed E-state index contributed by atoms with van der Waals surface area (Å²) < 4.78 is 4.11. The van der Waals surface area contributed by atoms with Crippen LogP contribution in [-0.2, 0) is 14.3 Å². The van der Waals surface area contributed by atoms with E-state index in [0.717, 1.165) is 50.7 Å². The first-order chi connectivity index (χ1) is 18.3. The number of hydrogen-bond acceptors (Lipinski definition) is 6. The number of carboxylic acid groups (broad SMARTS) is 1. The number of aliphatic hydroxyl groups excluding tert-OH is 1. The molecule has 0 bridgehead atoms. The average Bonchev–Trinajstić information content (AvgIpc) is 3.35. The van der Waals surface area contributed by atoms with Gasteiger partial charge in [-0.2, -0.15) is 0 Å². The third-order valence-corrected chi connectivity index (χ3v) is 12.7. The Morgan fingerprint density at radius 1 is 1.00 bits per heavy atom. The number of nitrogens with zero attached hydrogens (tertiary/aromatic N) is 1. The summed E-state index contributed by atoms with van der Waals surface area (Å²) in [6.07, 6.45) is 13.6. The van der Waals surface area contributed by atoms with Crippen LogP contribution in [0.2, 0.25) is 0 Å². The Balaban J connectivity index is 0.000000408. The number of carbonyl (C=O) groups excluding carboxylic acids is 1. The van der Waals surface area contributed by atoms with Crippen molar-refractivity contribution in [1.29, 1.82) is 0 Å². The van der Waals surface area contributed by atoms with E-state index in [1.807, 2.05) is 0 Å². The second kappa shape index (κ2) is 11.9.